The third kappa shape index (κ3) is 2.74. The molecule has 0 spiro atoms. The molecule has 0 unspecified atom stereocenters. The molecule has 0 saturated carbocycles. The van der Waals surface area contributed by atoms with E-state index in [1.807, 2.05) is 24.7 Å². The topological polar surface area (TPSA) is 68.3 Å². The lowest BCUT2D eigenvalue weighted by molar-refractivity contribution is 0.0778. The Kier molecular flexibility index (Phi) is 4.16. The highest BCUT2D eigenvalue weighted by Gasteiger charge is 2.22. The summed E-state index contributed by atoms with van der Waals surface area (Å²) in [6, 6.07) is 1.77. The molecule has 7 nitrogen and oxygen atoms in total. The smallest absolute Gasteiger partial charge is 0.275 e. The number of aryl methyl sites for hydroxylation is 1. The summed E-state index contributed by atoms with van der Waals surface area (Å²) in [5, 5.41) is 8.63. The maximum atomic E-state index is 12.7. The molecule has 120 valence electrons. The lowest BCUT2D eigenvalue weighted by atomic mass is 10.2. The largest absolute Gasteiger partial charge is 0.336 e. The van der Waals surface area contributed by atoms with Gasteiger partial charge in [0.05, 0.1) is 10.7 Å². The first-order chi connectivity index (χ1) is 11.0. The fourth-order valence-electron chi connectivity index (χ4n) is 2.46. The Morgan fingerprint density at radius 3 is 2.87 bits per heavy atom. The predicted octanol–water partition coefficient (Wildman–Crippen LogP) is 2.29. The predicted molar refractivity (Wildman–Crippen MR) is 89.1 cm³/mol. The van der Waals surface area contributed by atoms with Crippen LogP contribution in [0, 0.1) is 6.92 Å². The van der Waals surface area contributed by atoms with Crippen molar-refractivity contribution in [2.45, 2.75) is 26.9 Å². The Balaban J connectivity index is 1.86. The molecule has 0 aliphatic carbocycles. The molecule has 0 atom stereocenters. The van der Waals surface area contributed by atoms with E-state index in [-0.39, 0.29) is 5.91 Å². The number of rotatable bonds is 4. The van der Waals surface area contributed by atoms with Crippen LogP contribution >= 0.6 is 15.9 Å². The third-order valence-corrected chi connectivity index (χ3v) is 4.53. The number of hydrogen-bond donors (Lipinski definition) is 0. The minimum absolute atomic E-state index is 0.161. The molecule has 0 aromatic carbocycles. The number of nitrogens with zero attached hydrogens (tertiary/aromatic N) is 6. The van der Waals surface area contributed by atoms with Crippen molar-refractivity contribution < 1.29 is 4.79 Å². The molecule has 3 heterocycles. The summed E-state index contributed by atoms with van der Waals surface area (Å²) in [5.74, 6) is -0.161. The Hall–Kier alpha value is -2.22. The molecule has 3 aromatic rings. The summed E-state index contributed by atoms with van der Waals surface area (Å²) >= 11 is 3.43. The summed E-state index contributed by atoms with van der Waals surface area (Å²) in [5.41, 5.74) is 3.08. The van der Waals surface area contributed by atoms with Gasteiger partial charge >= 0.3 is 0 Å². The first-order valence-electron chi connectivity index (χ1n) is 7.28. The molecule has 0 saturated heterocycles. The minimum atomic E-state index is -0.161. The standard InChI is InChI=1S/C15H17BrN6O/c1-4-21-10(2)11(8-18-21)9-20(3)15(23)13-12(16)14-17-6-5-7-22(14)19-13/h5-8H,4,9H2,1-3H3. The molecule has 3 rings (SSSR count). The highest BCUT2D eigenvalue weighted by atomic mass is 79.9. The molecule has 0 aliphatic rings. The maximum Gasteiger partial charge on any atom is 0.275 e. The van der Waals surface area contributed by atoms with Crippen LogP contribution < -0.4 is 0 Å². The van der Waals surface area contributed by atoms with Gasteiger partial charge in [-0.15, -0.1) is 0 Å². The van der Waals surface area contributed by atoms with Crippen molar-refractivity contribution in [3.63, 3.8) is 0 Å². The van der Waals surface area contributed by atoms with Crippen molar-refractivity contribution in [1.29, 1.82) is 0 Å². The molecule has 0 aliphatic heterocycles. The molecule has 3 aromatic heterocycles. The second-order valence-electron chi connectivity index (χ2n) is 5.28. The minimum Gasteiger partial charge on any atom is -0.336 e. The van der Waals surface area contributed by atoms with E-state index in [9.17, 15) is 4.79 Å². The van der Waals surface area contributed by atoms with E-state index >= 15 is 0 Å². The van der Waals surface area contributed by atoms with Crippen LogP contribution in [-0.4, -0.2) is 42.2 Å². The van der Waals surface area contributed by atoms with Crippen molar-refractivity contribution in [1.82, 2.24) is 29.3 Å². The Bertz CT molecular complexity index is 868. The van der Waals surface area contributed by atoms with Crippen LogP contribution in [0.1, 0.15) is 28.7 Å². The number of carbonyl (C=O) groups is 1. The van der Waals surface area contributed by atoms with Gasteiger partial charge in [-0.05, 0) is 35.8 Å². The van der Waals surface area contributed by atoms with Gasteiger partial charge < -0.3 is 4.90 Å². The molecule has 0 bridgehead atoms. The van der Waals surface area contributed by atoms with Gasteiger partial charge in [0.15, 0.2) is 11.3 Å². The fourth-order valence-corrected chi connectivity index (χ4v) is 3.00. The Morgan fingerprint density at radius 1 is 1.43 bits per heavy atom. The molecule has 1 amide bonds. The van der Waals surface area contributed by atoms with Gasteiger partial charge in [0.25, 0.3) is 5.91 Å². The van der Waals surface area contributed by atoms with Crippen molar-refractivity contribution in [3.8, 4) is 0 Å². The van der Waals surface area contributed by atoms with Gasteiger partial charge in [0.2, 0.25) is 0 Å². The van der Waals surface area contributed by atoms with Crippen molar-refractivity contribution >= 4 is 27.5 Å². The van der Waals surface area contributed by atoms with Crippen molar-refractivity contribution in [2.75, 3.05) is 7.05 Å². The van der Waals surface area contributed by atoms with E-state index < -0.39 is 0 Å². The number of aromatic nitrogens is 5. The lowest BCUT2D eigenvalue weighted by Gasteiger charge is -2.15. The van der Waals surface area contributed by atoms with Gasteiger partial charge in [0.1, 0.15) is 0 Å². The van der Waals surface area contributed by atoms with Gasteiger partial charge in [-0.1, -0.05) is 0 Å². The van der Waals surface area contributed by atoms with E-state index in [0.717, 1.165) is 17.8 Å². The monoisotopic (exact) mass is 376 g/mol. The highest BCUT2D eigenvalue weighted by molar-refractivity contribution is 9.10. The average Bonchev–Trinajstić information content (AvgIpc) is 3.08. The lowest BCUT2D eigenvalue weighted by Crippen LogP contribution is -2.27. The summed E-state index contributed by atoms with van der Waals surface area (Å²) in [4.78, 5) is 18.6. The summed E-state index contributed by atoms with van der Waals surface area (Å²) in [7, 11) is 1.76. The Morgan fingerprint density at radius 2 is 2.22 bits per heavy atom. The van der Waals surface area contributed by atoms with Gasteiger partial charge in [-0.25, -0.2) is 9.50 Å². The molecule has 8 heteroatoms. The van der Waals surface area contributed by atoms with Gasteiger partial charge in [-0.2, -0.15) is 10.2 Å². The molecule has 23 heavy (non-hydrogen) atoms. The summed E-state index contributed by atoms with van der Waals surface area (Å²) < 4.78 is 4.11. The van der Waals surface area contributed by atoms with Crippen LogP contribution in [0.5, 0.6) is 0 Å². The van der Waals surface area contributed by atoms with E-state index in [2.05, 4.69) is 31.1 Å². The molecule has 0 fully saturated rings. The first-order valence-corrected chi connectivity index (χ1v) is 8.07. The molecular weight excluding hydrogens is 360 g/mol. The second kappa shape index (κ2) is 6.11. The number of fused-ring (bicyclic) bond motifs is 1. The quantitative estimate of drug-likeness (QED) is 0.700. The first kappa shape index (κ1) is 15.7. The number of halogens is 1. The van der Waals surface area contributed by atoms with Crippen LogP contribution in [-0.2, 0) is 13.1 Å². The Labute approximate surface area is 142 Å². The number of hydrogen-bond acceptors (Lipinski definition) is 4. The van der Waals surface area contributed by atoms with E-state index in [4.69, 9.17) is 0 Å². The van der Waals surface area contributed by atoms with E-state index in [1.54, 1.807) is 34.9 Å². The molecular formula is C15H17BrN6O. The van der Waals surface area contributed by atoms with Crippen LogP contribution in [0.2, 0.25) is 0 Å². The zero-order chi connectivity index (χ0) is 16.6. The second-order valence-corrected chi connectivity index (χ2v) is 6.08. The number of carbonyl (C=O) groups excluding carboxylic acids is 1. The van der Waals surface area contributed by atoms with E-state index in [0.29, 0.717) is 22.4 Å². The van der Waals surface area contributed by atoms with Crippen LogP contribution in [0.3, 0.4) is 0 Å². The average molecular weight is 377 g/mol. The summed E-state index contributed by atoms with van der Waals surface area (Å²) in [6.45, 7) is 5.35. The fraction of sp³-hybridized carbons (Fsp3) is 0.333. The van der Waals surface area contributed by atoms with Crippen LogP contribution in [0.25, 0.3) is 5.65 Å². The highest BCUT2D eigenvalue weighted by Crippen LogP contribution is 2.22. The SMILES string of the molecule is CCn1ncc(CN(C)C(=O)c2nn3cccnc3c2Br)c1C. The third-order valence-electron chi connectivity index (χ3n) is 3.80. The zero-order valence-corrected chi connectivity index (χ0v) is 14.8. The normalized spacial score (nSPS) is 11.1. The molecule has 0 radical (unpaired) electrons. The van der Waals surface area contributed by atoms with E-state index in [1.165, 1.54) is 0 Å². The van der Waals surface area contributed by atoms with Crippen molar-refractivity contribution in [3.05, 3.63) is 46.1 Å². The number of amides is 1. The van der Waals surface area contributed by atoms with Gasteiger partial charge in [-0.3, -0.25) is 9.48 Å². The summed E-state index contributed by atoms with van der Waals surface area (Å²) in [6.07, 6.45) is 5.24. The van der Waals surface area contributed by atoms with Gasteiger partial charge in [0, 0.05) is 43.8 Å². The maximum absolute atomic E-state index is 12.7. The van der Waals surface area contributed by atoms with Crippen molar-refractivity contribution in [2.24, 2.45) is 0 Å². The van der Waals surface area contributed by atoms with Crippen LogP contribution in [0.15, 0.2) is 29.1 Å². The zero-order valence-electron chi connectivity index (χ0n) is 13.2. The van der Waals surface area contributed by atoms with Crippen LogP contribution in [0.4, 0.5) is 0 Å². The molecule has 0 N–H and O–H groups in total.